The number of carbonyl (C=O) groups is 4. The van der Waals surface area contributed by atoms with E-state index >= 15 is 0 Å². The second-order valence-electron chi connectivity index (χ2n) is 11.3. The average molecular weight is 520 g/mol. The number of benzene rings is 1. The molecule has 2 N–H and O–H groups in total. The summed E-state index contributed by atoms with van der Waals surface area (Å²) >= 11 is 1.44. The molecule has 3 atom stereocenters. The SMILES string of the molecule is O=C1CCC(N2C(=O)c3cccc(SCc4ccc(CNC56CC7CC(CC5C7)C6)o4)c3C2=O)C(=O)N1. The van der Waals surface area contributed by atoms with Crippen LogP contribution in [0.1, 0.15) is 77.2 Å². The van der Waals surface area contributed by atoms with Crippen molar-refractivity contribution in [2.24, 2.45) is 17.8 Å². The van der Waals surface area contributed by atoms with Gasteiger partial charge in [0.1, 0.15) is 17.6 Å². The molecule has 3 heterocycles. The molecule has 8 rings (SSSR count). The molecular formula is C28H29N3O5S. The predicted octanol–water partition coefficient (Wildman–Crippen LogP) is 3.64. The number of thioether (sulfide) groups is 1. The molecule has 1 saturated heterocycles. The van der Waals surface area contributed by atoms with Gasteiger partial charge < -0.3 is 9.73 Å². The summed E-state index contributed by atoms with van der Waals surface area (Å²) in [5.74, 6) is 2.93. The Balaban J connectivity index is 1.02. The molecule has 6 aliphatic rings. The maximum Gasteiger partial charge on any atom is 0.263 e. The first-order chi connectivity index (χ1) is 17.9. The number of fused-ring (bicyclic) bond motifs is 1. The van der Waals surface area contributed by atoms with Gasteiger partial charge in [0.05, 0.1) is 23.4 Å². The second kappa shape index (κ2) is 8.56. The van der Waals surface area contributed by atoms with Crippen molar-refractivity contribution in [3.05, 3.63) is 53.0 Å². The van der Waals surface area contributed by atoms with Crippen LogP contribution in [-0.2, 0) is 21.9 Å². The largest absolute Gasteiger partial charge is 0.464 e. The van der Waals surface area contributed by atoms with Crippen LogP contribution in [0.4, 0.5) is 0 Å². The van der Waals surface area contributed by atoms with Gasteiger partial charge in [-0.05, 0) is 80.5 Å². The van der Waals surface area contributed by atoms with Gasteiger partial charge in [-0.3, -0.25) is 29.4 Å². The zero-order chi connectivity index (χ0) is 25.3. The lowest BCUT2D eigenvalue weighted by atomic mass is 9.80. The first-order valence-corrected chi connectivity index (χ1v) is 14.2. The minimum absolute atomic E-state index is 0.101. The van der Waals surface area contributed by atoms with Crippen molar-refractivity contribution in [2.75, 3.05) is 0 Å². The summed E-state index contributed by atoms with van der Waals surface area (Å²) in [6.45, 7) is 0.731. The first-order valence-electron chi connectivity index (χ1n) is 13.2. The highest BCUT2D eigenvalue weighted by Crippen LogP contribution is 2.60. The van der Waals surface area contributed by atoms with Crippen LogP contribution in [0, 0.1) is 17.8 Å². The number of furan rings is 1. The standard InChI is InChI=1S/C28H29N3O5S/c32-23-7-6-21(25(33)30-23)31-26(34)20-2-1-3-22(24(20)27(31)35)37-14-19-5-4-18(36-19)13-29-28-11-15-8-16(12-28)10-17(28)9-15/h1-5,15-17,21,29H,6-14H2,(H,30,32,33). The van der Waals surface area contributed by atoms with E-state index in [4.69, 9.17) is 4.42 Å². The van der Waals surface area contributed by atoms with Crippen molar-refractivity contribution in [2.45, 2.75) is 73.7 Å². The van der Waals surface area contributed by atoms with Gasteiger partial charge >= 0.3 is 0 Å². The summed E-state index contributed by atoms with van der Waals surface area (Å²) in [6.07, 6.45) is 7.04. The Hall–Kier alpha value is -2.91. The smallest absolute Gasteiger partial charge is 0.263 e. The fourth-order valence-electron chi connectivity index (χ4n) is 7.70. The lowest BCUT2D eigenvalue weighted by Gasteiger charge is -2.33. The highest BCUT2D eigenvalue weighted by atomic mass is 32.2. The molecule has 4 amide bonds. The number of hydrogen-bond donors (Lipinski definition) is 2. The van der Waals surface area contributed by atoms with Crippen LogP contribution < -0.4 is 10.6 Å². The molecule has 37 heavy (non-hydrogen) atoms. The predicted molar refractivity (Wildman–Crippen MR) is 135 cm³/mol. The van der Waals surface area contributed by atoms with Gasteiger partial charge in [-0.25, -0.2) is 0 Å². The molecule has 8 nitrogen and oxygen atoms in total. The molecule has 0 spiro atoms. The Morgan fingerprint density at radius 3 is 2.57 bits per heavy atom. The minimum Gasteiger partial charge on any atom is -0.464 e. The van der Waals surface area contributed by atoms with E-state index in [1.165, 1.54) is 43.9 Å². The summed E-state index contributed by atoms with van der Waals surface area (Å²) < 4.78 is 6.13. The van der Waals surface area contributed by atoms with Crippen LogP contribution in [0.5, 0.6) is 0 Å². The van der Waals surface area contributed by atoms with Crippen LogP contribution >= 0.6 is 11.8 Å². The highest BCUT2D eigenvalue weighted by Gasteiger charge is 2.57. The van der Waals surface area contributed by atoms with E-state index in [9.17, 15) is 19.2 Å². The summed E-state index contributed by atoms with van der Waals surface area (Å²) in [4.78, 5) is 51.9. The molecule has 4 saturated carbocycles. The van der Waals surface area contributed by atoms with Gasteiger partial charge in [0, 0.05) is 16.9 Å². The van der Waals surface area contributed by atoms with Crippen molar-refractivity contribution in [3.8, 4) is 0 Å². The molecule has 4 bridgehead atoms. The minimum atomic E-state index is -0.965. The first kappa shape index (κ1) is 23.2. The van der Waals surface area contributed by atoms with E-state index in [1.54, 1.807) is 12.1 Å². The Morgan fingerprint density at radius 1 is 1.00 bits per heavy atom. The zero-order valence-electron chi connectivity index (χ0n) is 20.5. The summed E-state index contributed by atoms with van der Waals surface area (Å²) in [5, 5.41) is 6.10. The molecule has 4 aliphatic carbocycles. The lowest BCUT2D eigenvalue weighted by molar-refractivity contribution is -0.136. The van der Waals surface area contributed by atoms with Crippen molar-refractivity contribution < 1.29 is 23.6 Å². The van der Waals surface area contributed by atoms with Gasteiger partial charge in [0.2, 0.25) is 11.8 Å². The molecule has 192 valence electrons. The number of nitrogens with zero attached hydrogens (tertiary/aromatic N) is 1. The number of nitrogens with one attached hydrogen (secondary N) is 2. The van der Waals surface area contributed by atoms with Crippen LogP contribution in [0.25, 0.3) is 0 Å². The van der Waals surface area contributed by atoms with Crippen LogP contribution in [-0.4, -0.2) is 40.1 Å². The summed E-state index contributed by atoms with van der Waals surface area (Å²) in [6, 6.07) is 8.22. The Kier molecular flexibility index (Phi) is 5.37. The van der Waals surface area contributed by atoms with Crippen LogP contribution in [0.15, 0.2) is 39.6 Å². The van der Waals surface area contributed by atoms with Crippen LogP contribution in [0.3, 0.4) is 0 Å². The normalized spacial score (nSPS) is 31.9. The van der Waals surface area contributed by atoms with Gasteiger partial charge in [-0.1, -0.05) is 6.07 Å². The van der Waals surface area contributed by atoms with E-state index in [0.717, 1.165) is 40.7 Å². The van der Waals surface area contributed by atoms with Gasteiger partial charge in [0.25, 0.3) is 11.8 Å². The highest BCUT2D eigenvalue weighted by molar-refractivity contribution is 7.98. The van der Waals surface area contributed by atoms with E-state index in [1.807, 2.05) is 18.2 Å². The lowest BCUT2D eigenvalue weighted by Crippen LogP contribution is -2.54. The van der Waals surface area contributed by atoms with Gasteiger partial charge in [-0.15, -0.1) is 11.8 Å². The Morgan fingerprint density at radius 2 is 1.78 bits per heavy atom. The molecule has 2 aliphatic heterocycles. The summed E-state index contributed by atoms with van der Waals surface area (Å²) in [5.41, 5.74) is 0.923. The third-order valence-electron chi connectivity index (χ3n) is 9.12. The average Bonchev–Trinajstić information content (AvgIpc) is 3.57. The number of rotatable bonds is 7. The number of amides is 4. The Bertz CT molecular complexity index is 1320. The van der Waals surface area contributed by atoms with E-state index in [-0.39, 0.29) is 18.7 Å². The maximum absolute atomic E-state index is 13.3. The van der Waals surface area contributed by atoms with E-state index in [0.29, 0.717) is 27.3 Å². The topological polar surface area (TPSA) is 109 Å². The van der Waals surface area contributed by atoms with Gasteiger partial charge in [-0.2, -0.15) is 0 Å². The number of carbonyl (C=O) groups excluding carboxylic acids is 4. The molecular weight excluding hydrogens is 490 g/mol. The van der Waals surface area contributed by atoms with Crippen molar-refractivity contribution in [1.82, 2.24) is 15.5 Å². The van der Waals surface area contributed by atoms with Crippen LogP contribution in [0.2, 0.25) is 0 Å². The summed E-state index contributed by atoms with van der Waals surface area (Å²) in [7, 11) is 0. The molecule has 9 heteroatoms. The Labute approximate surface area is 218 Å². The fourth-order valence-corrected chi connectivity index (χ4v) is 8.67. The van der Waals surface area contributed by atoms with E-state index in [2.05, 4.69) is 10.6 Å². The third kappa shape index (κ3) is 3.77. The van der Waals surface area contributed by atoms with Crippen molar-refractivity contribution >= 4 is 35.4 Å². The molecule has 2 aromatic rings. The monoisotopic (exact) mass is 519 g/mol. The van der Waals surface area contributed by atoms with Crippen molar-refractivity contribution in [3.63, 3.8) is 0 Å². The number of imide groups is 2. The van der Waals surface area contributed by atoms with Gasteiger partial charge in [0.15, 0.2) is 0 Å². The number of piperidine rings is 1. The molecule has 1 aromatic carbocycles. The molecule has 5 fully saturated rings. The zero-order valence-corrected chi connectivity index (χ0v) is 21.3. The molecule has 3 unspecified atom stereocenters. The third-order valence-corrected chi connectivity index (χ3v) is 10.2. The second-order valence-corrected chi connectivity index (χ2v) is 12.4. The molecule has 1 aromatic heterocycles. The van der Waals surface area contributed by atoms with Crippen molar-refractivity contribution in [1.29, 1.82) is 0 Å². The van der Waals surface area contributed by atoms with E-state index < -0.39 is 23.8 Å². The number of hydrogen-bond acceptors (Lipinski definition) is 7. The quantitative estimate of drug-likeness (QED) is 0.425. The maximum atomic E-state index is 13.3. The fraction of sp³-hybridized carbons (Fsp3) is 0.500. The molecule has 0 radical (unpaired) electrons.